The second-order valence-corrected chi connectivity index (χ2v) is 5.58. The number of aldehydes is 1. The van der Waals surface area contributed by atoms with Gasteiger partial charge in [-0.2, -0.15) is 0 Å². The lowest BCUT2D eigenvalue weighted by molar-refractivity contribution is -0.105. The van der Waals surface area contributed by atoms with E-state index >= 15 is 0 Å². The zero-order valence-electron chi connectivity index (χ0n) is 9.57. The van der Waals surface area contributed by atoms with Crippen molar-refractivity contribution in [3.8, 4) is 0 Å². The Balaban J connectivity index is 2.42. The number of aryl methyl sites for hydroxylation is 2. The highest BCUT2D eigenvalue weighted by atomic mass is 35.5. The van der Waals surface area contributed by atoms with E-state index < -0.39 is 0 Å². The van der Waals surface area contributed by atoms with Crippen molar-refractivity contribution >= 4 is 44.5 Å². The highest BCUT2D eigenvalue weighted by Gasteiger charge is 2.24. The Morgan fingerprint density at radius 2 is 2.28 bits per heavy atom. The molecule has 0 fully saturated rings. The van der Waals surface area contributed by atoms with Gasteiger partial charge >= 0.3 is 0 Å². The van der Waals surface area contributed by atoms with Gasteiger partial charge in [0.2, 0.25) is 0 Å². The first-order chi connectivity index (χ1) is 8.63. The van der Waals surface area contributed by atoms with Crippen LogP contribution in [0.5, 0.6) is 0 Å². The van der Waals surface area contributed by atoms with Crippen LogP contribution in [0.4, 0.5) is 0 Å². The van der Waals surface area contributed by atoms with Crippen molar-refractivity contribution in [2.75, 3.05) is 0 Å². The molecule has 4 nitrogen and oxygen atoms in total. The first-order valence-electron chi connectivity index (χ1n) is 5.44. The van der Waals surface area contributed by atoms with Gasteiger partial charge in [0, 0.05) is 12.6 Å². The molecule has 92 valence electrons. The molecule has 0 aromatic carbocycles. The van der Waals surface area contributed by atoms with Gasteiger partial charge in [0.05, 0.1) is 21.6 Å². The van der Waals surface area contributed by atoms with E-state index in [-0.39, 0.29) is 5.56 Å². The zero-order valence-corrected chi connectivity index (χ0v) is 11.1. The van der Waals surface area contributed by atoms with Crippen LogP contribution >= 0.6 is 22.9 Å². The summed E-state index contributed by atoms with van der Waals surface area (Å²) in [6.07, 6.45) is 3.55. The fraction of sp³-hybridized carbons (Fsp3) is 0.250. The lowest BCUT2D eigenvalue weighted by atomic mass is 9.97. The van der Waals surface area contributed by atoms with E-state index in [1.807, 2.05) is 0 Å². The Hall–Kier alpha value is -1.46. The molecule has 0 N–H and O–H groups in total. The van der Waals surface area contributed by atoms with Crippen LogP contribution in [0.2, 0.25) is 0 Å². The van der Waals surface area contributed by atoms with Crippen LogP contribution in [0.1, 0.15) is 16.9 Å². The average Bonchev–Trinajstić information content (AvgIpc) is 2.75. The van der Waals surface area contributed by atoms with Crippen molar-refractivity contribution in [1.29, 1.82) is 0 Å². The predicted molar refractivity (Wildman–Crippen MR) is 72.0 cm³/mol. The van der Waals surface area contributed by atoms with Gasteiger partial charge in [-0.25, -0.2) is 4.98 Å². The summed E-state index contributed by atoms with van der Waals surface area (Å²) in [5.41, 5.74) is 1.48. The molecule has 0 radical (unpaired) electrons. The lowest BCUT2D eigenvalue weighted by Crippen LogP contribution is -2.17. The van der Waals surface area contributed by atoms with E-state index in [4.69, 9.17) is 11.6 Å². The standard InChI is InChI=1S/C12H9ClN2O2S/c1-15-5-14-11-8(12(15)17)7-3-2-6(4-16)9(13)10(7)18-11/h4-5H,2-3H2,1H3. The molecule has 0 atom stereocenters. The zero-order chi connectivity index (χ0) is 12.9. The molecule has 2 heterocycles. The first kappa shape index (κ1) is 11.6. The minimum Gasteiger partial charge on any atom is -0.302 e. The second kappa shape index (κ2) is 4.03. The van der Waals surface area contributed by atoms with Crippen LogP contribution in [0.3, 0.4) is 0 Å². The van der Waals surface area contributed by atoms with Gasteiger partial charge in [0.25, 0.3) is 5.56 Å². The number of nitrogens with zero attached hydrogens (tertiary/aromatic N) is 2. The van der Waals surface area contributed by atoms with Gasteiger partial charge in [-0.05, 0) is 18.4 Å². The minimum absolute atomic E-state index is 0.0588. The fourth-order valence-electron chi connectivity index (χ4n) is 2.17. The number of carbonyl (C=O) groups is 1. The molecule has 18 heavy (non-hydrogen) atoms. The Morgan fingerprint density at radius 1 is 1.50 bits per heavy atom. The largest absolute Gasteiger partial charge is 0.302 e. The Morgan fingerprint density at radius 3 is 3.00 bits per heavy atom. The fourth-order valence-corrected chi connectivity index (χ4v) is 3.70. The third-order valence-corrected chi connectivity index (χ3v) is 4.84. The van der Waals surface area contributed by atoms with E-state index in [2.05, 4.69) is 4.98 Å². The summed E-state index contributed by atoms with van der Waals surface area (Å²) >= 11 is 7.58. The van der Waals surface area contributed by atoms with Gasteiger partial charge in [-0.3, -0.25) is 9.59 Å². The topological polar surface area (TPSA) is 52.0 Å². The van der Waals surface area contributed by atoms with Crippen LogP contribution in [0, 0.1) is 0 Å². The van der Waals surface area contributed by atoms with E-state index in [9.17, 15) is 9.59 Å². The van der Waals surface area contributed by atoms with Crippen LogP contribution in [-0.4, -0.2) is 15.8 Å². The molecule has 3 rings (SSSR count). The normalized spacial score (nSPS) is 15.0. The lowest BCUT2D eigenvalue weighted by Gasteiger charge is -2.12. The monoisotopic (exact) mass is 280 g/mol. The number of aromatic nitrogens is 2. The highest BCUT2D eigenvalue weighted by molar-refractivity contribution is 7.20. The number of thiophene rings is 1. The number of rotatable bonds is 1. The molecule has 1 aliphatic carbocycles. The number of halogens is 1. The Kier molecular flexibility index (Phi) is 2.60. The molecule has 2 aromatic heterocycles. The van der Waals surface area contributed by atoms with Crippen molar-refractivity contribution in [3.05, 3.63) is 32.7 Å². The third-order valence-electron chi connectivity index (χ3n) is 3.14. The summed E-state index contributed by atoms with van der Waals surface area (Å²) < 4.78 is 1.46. The Labute approximate surface area is 112 Å². The van der Waals surface area contributed by atoms with Gasteiger partial charge in [-0.1, -0.05) is 11.6 Å². The average molecular weight is 281 g/mol. The molecule has 0 amide bonds. The van der Waals surface area contributed by atoms with Crippen molar-refractivity contribution in [3.63, 3.8) is 0 Å². The minimum atomic E-state index is -0.0588. The molecular formula is C12H9ClN2O2S. The number of carbonyl (C=O) groups excluding carboxylic acids is 1. The summed E-state index contributed by atoms with van der Waals surface area (Å²) in [6, 6.07) is 0. The van der Waals surface area contributed by atoms with Gasteiger partial charge in [0.1, 0.15) is 11.1 Å². The van der Waals surface area contributed by atoms with Crippen LogP contribution in [0.15, 0.2) is 16.7 Å². The number of fused-ring (bicyclic) bond motifs is 3. The van der Waals surface area contributed by atoms with E-state index in [0.717, 1.165) is 16.7 Å². The SMILES string of the molecule is Cn1cnc2sc3c(c2c1=O)CCC(C=O)=C3Cl. The van der Waals surface area contributed by atoms with Gasteiger partial charge in [-0.15, -0.1) is 11.3 Å². The molecule has 2 aromatic rings. The van der Waals surface area contributed by atoms with Crippen molar-refractivity contribution in [1.82, 2.24) is 9.55 Å². The molecule has 0 unspecified atom stereocenters. The molecule has 0 saturated heterocycles. The summed E-state index contributed by atoms with van der Waals surface area (Å²) in [7, 11) is 1.68. The summed E-state index contributed by atoms with van der Waals surface area (Å²) in [6.45, 7) is 0. The molecule has 0 saturated carbocycles. The van der Waals surface area contributed by atoms with Gasteiger partial charge in [0.15, 0.2) is 0 Å². The molecule has 0 aliphatic heterocycles. The maximum atomic E-state index is 12.1. The Bertz CT molecular complexity index is 757. The number of allylic oxidation sites excluding steroid dienone is 1. The second-order valence-electron chi connectivity index (χ2n) is 4.21. The van der Waals surface area contributed by atoms with Crippen LogP contribution < -0.4 is 5.56 Å². The third kappa shape index (κ3) is 1.47. The van der Waals surface area contributed by atoms with Crippen LogP contribution in [0.25, 0.3) is 15.2 Å². The van der Waals surface area contributed by atoms with Crippen LogP contribution in [-0.2, 0) is 18.3 Å². The summed E-state index contributed by atoms with van der Waals surface area (Å²) in [4.78, 5) is 28.8. The maximum absolute atomic E-state index is 12.1. The van der Waals surface area contributed by atoms with Gasteiger partial charge < -0.3 is 4.57 Å². The van der Waals surface area contributed by atoms with E-state index in [1.165, 1.54) is 22.2 Å². The van der Waals surface area contributed by atoms with Crippen molar-refractivity contribution < 1.29 is 4.79 Å². The smallest absolute Gasteiger partial charge is 0.262 e. The molecular weight excluding hydrogens is 272 g/mol. The molecule has 6 heteroatoms. The quantitative estimate of drug-likeness (QED) is 0.752. The number of hydrogen-bond donors (Lipinski definition) is 0. The van der Waals surface area contributed by atoms with Crippen molar-refractivity contribution in [2.24, 2.45) is 7.05 Å². The van der Waals surface area contributed by atoms with E-state index in [1.54, 1.807) is 7.05 Å². The van der Waals surface area contributed by atoms with Crippen molar-refractivity contribution in [2.45, 2.75) is 12.8 Å². The van der Waals surface area contributed by atoms with E-state index in [0.29, 0.717) is 33.7 Å². The first-order valence-corrected chi connectivity index (χ1v) is 6.64. The highest BCUT2D eigenvalue weighted by Crippen LogP contribution is 2.41. The summed E-state index contributed by atoms with van der Waals surface area (Å²) in [5, 5.41) is 1.11. The molecule has 1 aliphatic rings. The number of hydrogen-bond acceptors (Lipinski definition) is 4. The molecule has 0 spiro atoms. The predicted octanol–water partition coefficient (Wildman–Crippen LogP) is 2.09. The summed E-state index contributed by atoms with van der Waals surface area (Å²) in [5.74, 6) is 0. The maximum Gasteiger partial charge on any atom is 0.262 e. The molecule has 0 bridgehead atoms.